The molecule has 1 aliphatic rings. The number of carboxylic acid groups (broad SMARTS) is 1. The van der Waals surface area contributed by atoms with Gasteiger partial charge in [0.05, 0.1) is 16.7 Å². The number of benzene rings is 2. The van der Waals surface area contributed by atoms with Crippen molar-refractivity contribution in [2.45, 2.75) is 31.8 Å². The van der Waals surface area contributed by atoms with E-state index in [9.17, 15) is 4.79 Å². The molecule has 114 valence electrons. The van der Waals surface area contributed by atoms with Crippen LogP contribution in [-0.4, -0.2) is 17.2 Å². The maximum Gasteiger partial charge on any atom is 0.335 e. The van der Waals surface area contributed by atoms with Crippen LogP contribution in [0, 0.1) is 0 Å². The Hall–Kier alpha value is -2.00. The number of halogens is 1. The predicted molar refractivity (Wildman–Crippen MR) is 86.7 cm³/mol. The molecule has 1 N–H and O–H groups in total. The van der Waals surface area contributed by atoms with Gasteiger partial charge in [0.1, 0.15) is 5.75 Å². The third kappa shape index (κ3) is 3.25. The van der Waals surface area contributed by atoms with E-state index in [0.29, 0.717) is 11.1 Å². The smallest absolute Gasteiger partial charge is 0.335 e. The van der Waals surface area contributed by atoms with Crippen molar-refractivity contribution >= 4 is 17.6 Å². The van der Waals surface area contributed by atoms with Crippen molar-refractivity contribution in [2.75, 3.05) is 0 Å². The minimum Gasteiger partial charge on any atom is -0.490 e. The first-order chi connectivity index (χ1) is 10.6. The van der Waals surface area contributed by atoms with Crippen molar-refractivity contribution in [1.82, 2.24) is 0 Å². The Morgan fingerprint density at radius 3 is 2.36 bits per heavy atom. The van der Waals surface area contributed by atoms with Gasteiger partial charge in [0.25, 0.3) is 0 Å². The fourth-order valence-corrected chi connectivity index (χ4v) is 3.07. The van der Waals surface area contributed by atoms with E-state index in [1.165, 1.54) is 12.8 Å². The van der Waals surface area contributed by atoms with Crippen molar-refractivity contribution in [1.29, 1.82) is 0 Å². The molecule has 22 heavy (non-hydrogen) atoms. The molecule has 1 aliphatic carbocycles. The molecular weight excluding hydrogens is 300 g/mol. The van der Waals surface area contributed by atoms with Gasteiger partial charge in [-0.3, -0.25) is 0 Å². The summed E-state index contributed by atoms with van der Waals surface area (Å²) in [4.78, 5) is 10.9. The minimum atomic E-state index is -0.932. The van der Waals surface area contributed by atoms with Gasteiger partial charge < -0.3 is 9.84 Å². The number of rotatable bonds is 4. The summed E-state index contributed by atoms with van der Waals surface area (Å²) >= 11 is 6.36. The Morgan fingerprint density at radius 2 is 1.77 bits per heavy atom. The normalized spacial score (nSPS) is 15.0. The number of carbonyl (C=O) groups is 1. The zero-order valence-corrected chi connectivity index (χ0v) is 12.8. The van der Waals surface area contributed by atoms with Crippen LogP contribution in [0.4, 0.5) is 0 Å². The SMILES string of the molecule is O=C(O)c1ccc(-c2ccc(OC3CCCC3)cc2Cl)cc1. The first-order valence-electron chi connectivity index (χ1n) is 7.43. The van der Waals surface area contributed by atoms with Crippen molar-refractivity contribution in [2.24, 2.45) is 0 Å². The topological polar surface area (TPSA) is 46.5 Å². The van der Waals surface area contributed by atoms with Crippen molar-refractivity contribution in [3.05, 3.63) is 53.1 Å². The van der Waals surface area contributed by atoms with Crippen molar-refractivity contribution in [3.63, 3.8) is 0 Å². The van der Waals surface area contributed by atoms with Crippen LogP contribution in [-0.2, 0) is 0 Å². The molecule has 4 heteroatoms. The average molecular weight is 317 g/mol. The fourth-order valence-electron chi connectivity index (χ4n) is 2.79. The Balaban J connectivity index is 1.80. The molecule has 0 spiro atoms. The van der Waals surface area contributed by atoms with Gasteiger partial charge in [0.15, 0.2) is 0 Å². The first kappa shape index (κ1) is 14.9. The van der Waals surface area contributed by atoms with Gasteiger partial charge in [-0.15, -0.1) is 0 Å². The summed E-state index contributed by atoms with van der Waals surface area (Å²) in [5.41, 5.74) is 2.03. The molecule has 0 aliphatic heterocycles. The largest absolute Gasteiger partial charge is 0.490 e. The molecule has 0 heterocycles. The molecule has 0 unspecified atom stereocenters. The van der Waals surface area contributed by atoms with E-state index in [4.69, 9.17) is 21.4 Å². The highest BCUT2D eigenvalue weighted by Crippen LogP contribution is 2.33. The Kier molecular flexibility index (Phi) is 4.34. The molecule has 3 rings (SSSR count). The molecule has 2 aromatic carbocycles. The quantitative estimate of drug-likeness (QED) is 0.860. The Labute approximate surface area is 134 Å². The van der Waals surface area contributed by atoms with Gasteiger partial charge in [-0.25, -0.2) is 4.79 Å². The fraction of sp³-hybridized carbons (Fsp3) is 0.278. The predicted octanol–water partition coefficient (Wildman–Crippen LogP) is 5.03. The lowest BCUT2D eigenvalue weighted by atomic mass is 10.0. The number of ether oxygens (including phenoxy) is 1. The lowest BCUT2D eigenvalue weighted by molar-refractivity contribution is 0.0697. The van der Waals surface area contributed by atoms with E-state index in [1.807, 2.05) is 18.2 Å². The van der Waals surface area contributed by atoms with Gasteiger partial charge in [-0.2, -0.15) is 0 Å². The molecular formula is C18H17ClO3. The summed E-state index contributed by atoms with van der Waals surface area (Å²) in [6.45, 7) is 0. The lowest BCUT2D eigenvalue weighted by Crippen LogP contribution is -2.10. The molecule has 0 aromatic heterocycles. The molecule has 0 atom stereocenters. The van der Waals surface area contributed by atoms with E-state index in [0.717, 1.165) is 29.7 Å². The molecule has 2 aromatic rings. The van der Waals surface area contributed by atoms with Crippen LogP contribution in [0.25, 0.3) is 11.1 Å². The molecule has 1 fully saturated rings. The Bertz CT molecular complexity index is 673. The summed E-state index contributed by atoms with van der Waals surface area (Å²) in [5, 5.41) is 9.54. The van der Waals surface area contributed by atoms with E-state index in [-0.39, 0.29) is 5.56 Å². The van der Waals surface area contributed by atoms with Crippen LogP contribution < -0.4 is 4.74 Å². The minimum absolute atomic E-state index is 0.265. The van der Waals surface area contributed by atoms with Gasteiger partial charge in [-0.1, -0.05) is 23.7 Å². The van der Waals surface area contributed by atoms with Crippen LogP contribution in [0.1, 0.15) is 36.0 Å². The second-order valence-electron chi connectivity index (χ2n) is 5.55. The van der Waals surface area contributed by atoms with Crippen molar-refractivity contribution in [3.8, 4) is 16.9 Å². The molecule has 1 saturated carbocycles. The van der Waals surface area contributed by atoms with Crippen LogP contribution in [0.15, 0.2) is 42.5 Å². The molecule has 0 bridgehead atoms. The van der Waals surface area contributed by atoms with E-state index >= 15 is 0 Å². The van der Waals surface area contributed by atoms with E-state index in [1.54, 1.807) is 24.3 Å². The number of aromatic carboxylic acids is 1. The summed E-state index contributed by atoms with van der Waals surface area (Å²) in [7, 11) is 0. The summed E-state index contributed by atoms with van der Waals surface area (Å²) in [5.74, 6) is -0.138. The van der Waals surface area contributed by atoms with Crippen LogP contribution in [0.2, 0.25) is 5.02 Å². The molecule has 3 nitrogen and oxygen atoms in total. The van der Waals surface area contributed by atoms with Gasteiger partial charge >= 0.3 is 5.97 Å². The average Bonchev–Trinajstić information content (AvgIpc) is 3.00. The number of hydrogen-bond donors (Lipinski definition) is 1. The second-order valence-corrected chi connectivity index (χ2v) is 5.96. The number of carboxylic acids is 1. The lowest BCUT2D eigenvalue weighted by Gasteiger charge is -2.14. The zero-order valence-electron chi connectivity index (χ0n) is 12.1. The zero-order chi connectivity index (χ0) is 15.5. The van der Waals surface area contributed by atoms with Gasteiger partial charge in [0.2, 0.25) is 0 Å². The highest BCUT2D eigenvalue weighted by Gasteiger charge is 2.17. The van der Waals surface area contributed by atoms with Gasteiger partial charge in [0, 0.05) is 5.56 Å². The maximum absolute atomic E-state index is 10.9. The molecule has 0 saturated heterocycles. The third-order valence-electron chi connectivity index (χ3n) is 3.99. The highest BCUT2D eigenvalue weighted by atomic mass is 35.5. The van der Waals surface area contributed by atoms with Gasteiger partial charge in [-0.05, 0) is 61.6 Å². The standard InChI is InChI=1S/C18H17ClO3/c19-17-11-15(22-14-3-1-2-4-14)9-10-16(17)12-5-7-13(8-6-12)18(20)21/h5-11,14H,1-4H2,(H,20,21). The number of hydrogen-bond acceptors (Lipinski definition) is 2. The highest BCUT2D eigenvalue weighted by molar-refractivity contribution is 6.33. The van der Waals surface area contributed by atoms with E-state index < -0.39 is 5.97 Å². The summed E-state index contributed by atoms with van der Waals surface area (Å²) in [6, 6.07) is 12.4. The molecule has 0 radical (unpaired) electrons. The summed E-state index contributed by atoms with van der Waals surface area (Å²) in [6.07, 6.45) is 4.97. The second kappa shape index (κ2) is 6.41. The summed E-state index contributed by atoms with van der Waals surface area (Å²) < 4.78 is 5.94. The van der Waals surface area contributed by atoms with Crippen LogP contribution in [0.3, 0.4) is 0 Å². The Morgan fingerprint density at radius 1 is 1.09 bits per heavy atom. The monoisotopic (exact) mass is 316 g/mol. The van der Waals surface area contributed by atoms with E-state index in [2.05, 4.69) is 0 Å². The molecule has 0 amide bonds. The first-order valence-corrected chi connectivity index (χ1v) is 7.81. The van der Waals surface area contributed by atoms with Crippen LogP contribution in [0.5, 0.6) is 5.75 Å². The van der Waals surface area contributed by atoms with Crippen molar-refractivity contribution < 1.29 is 14.6 Å². The third-order valence-corrected chi connectivity index (χ3v) is 4.30. The maximum atomic E-state index is 10.9. The van der Waals surface area contributed by atoms with Crippen LogP contribution >= 0.6 is 11.6 Å².